The summed E-state index contributed by atoms with van der Waals surface area (Å²) in [6, 6.07) is 20.7. The summed E-state index contributed by atoms with van der Waals surface area (Å²) in [5.74, 6) is -0.679. The second-order valence-electron chi connectivity index (χ2n) is 7.23. The van der Waals surface area contributed by atoms with Gasteiger partial charge in [-0.05, 0) is 61.0 Å². The van der Waals surface area contributed by atoms with E-state index in [9.17, 15) is 9.18 Å². The third-order valence-electron chi connectivity index (χ3n) is 4.66. The van der Waals surface area contributed by atoms with E-state index in [1.165, 1.54) is 17.7 Å². The molecule has 28 heavy (non-hydrogen) atoms. The Bertz CT molecular complexity index is 965. The number of benzene rings is 3. The number of carbonyl (C=O) groups excluding carboxylic acids is 1. The van der Waals surface area contributed by atoms with Gasteiger partial charge in [0.15, 0.2) is 0 Å². The minimum Gasteiger partial charge on any atom is -0.348 e. The van der Waals surface area contributed by atoms with Crippen LogP contribution in [0.2, 0.25) is 0 Å². The quantitative estimate of drug-likeness (QED) is 0.671. The van der Waals surface area contributed by atoms with Crippen LogP contribution >= 0.6 is 0 Å². The Labute approximate surface area is 165 Å². The van der Waals surface area contributed by atoms with Gasteiger partial charge in [-0.2, -0.15) is 0 Å². The van der Waals surface area contributed by atoms with Gasteiger partial charge in [0.1, 0.15) is 5.82 Å². The van der Waals surface area contributed by atoms with Gasteiger partial charge in [0.2, 0.25) is 0 Å². The number of nitrogens with zero attached hydrogens (tertiary/aromatic N) is 1. The van der Waals surface area contributed by atoms with E-state index < -0.39 is 5.82 Å². The standard InChI is InChI=1S/C24H25FN2O/c1-17-8-13-21(25)14-23(17)24(28)26-15-20-6-4-5-7-22(20)19-11-9-18(10-12-19)16-27(2)3/h4-14H,15-16H2,1-3H3,(H,26,28). The van der Waals surface area contributed by atoms with Gasteiger partial charge >= 0.3 is 0 Å². The normalized spacial score (nSPS) is 10.9. The van der Waals surface area contributed by atoms with Crippen molar-refractivity contribution in [1.29, 1.82) is 0 Å². The van der Waals surface area contributed by atoms with Crippen LogP contribution in [0.3, 0.4) is 0 Å². The maximum absolute atomic E-state index is 13.5. The van der Waals surface area contributed by atoms with Crippen molar-refractivity contribution in [1.82, 2.24) is 10.2 Å². The lowest BCUT2D eigenvalue weighted by molar-refractivity contribution is 0.0950. The van der Waals surface area contributed by atoms with Crippen molar-refractivity contribution in [2.75, 3.05) is 14.1 Å². The van der Waals surface area contributed by atoms with Gasteiger partial charge in [0, 0.05) is 18.7 Å². The topological polar surface area (TPSA) is 32.3 Å². The summed E-state index contributed by atoms with van der Waals surface area (Å²) in [7, 11) is 4.10. The predicted octanol–water partition coefficient (Wildman–Crippen LogP) is 4.79. The van der Waals surface area contributed by atoms with Crippen molar-refractivity contribution in [2.45, 2.75) is 20.0 Å². The summed E-state index contributed by atoms with van der Waals surface area (Å²) in [6.45, 7) is 3.08. The van der Waals surface area contributed by atoms with Gasteiger partial charge in [-0.25, -0.2) is 4.39 Å². The molecule has 3 aromatic rings. The first-order valence-corrected chi connectivity index (χ1v) is 9.30. The minimum atomic E-state index is -0.408. The second kappa shape index (κ2) is 8.81. The van der Waals surface area contributed by atoms with Crippen LogP contribution in [0.4, 0.5) is 4.39 Å². The van der Waals surface area contributed by atoms with E-state index in [0.29, 0.717) is 12.1 Å². The van der Waals surface area contributed by atoms with Gasteiger partial charge in [0.25, 0.3) is 5.91 Å². The number of aryl methyl sites for hydroxylation is 1. The monoisotopic (exact) mass is 376 g/mol. The SMILES string of the molecule is Cc1ccc(F)cc1C(=O)NCc1ccccc1-c1ccc(CN(C)C)cc1. The van der Waals surface area contributed by atoms with Crippen LogP contribution < -0.4 is 5.32 Å². The molecule has 0 aliphatic rings. The molecule has 4 heteroatoms. The van der Waals surface area contributed by atoms with Gasteiger partial charge in [-0.15, -0.1) is 0 Å². The molecular formula is C24H25FN2O. The Morgan fingerprint density at radius 2 is 1.71 bits per heavy atom. The number of halogens is 1. The molecule has 3 nitrogen and oxygen atoms in total. The number of amides is 1. The highest BCUT2D eigenvalue weighted by atomic mass is 19.1. The Morgan fingerprint density at radius 1 is 1.00 bits per heavy atom. The molecule has 0 bridgehead atoms. The average Bonchev–Trinajstić information content (AvgIpc) is 2.68. The highest BCUT2D eigenvalue weighted by molar-refractivity contribution is 5.95. The summed E-state index contributed by atoms with van der Waals surface area (Å²) >= 11 is 0. The maximum Gasteiger partial charge on any atom is 0.251 e. The highest BCUT2D eigenvalue weighted by Crippen LogP contribution is 2.24. The first-order valence-electron chi connectivity index (χ1n) is 9.30. The molecule has 3 rings (SSSR count). The Hall–Kier alpha value is -2.98. The van der Waals surface area contributed by atoms with Gasteiger partial charge in [0.05, 0.1) is 0 Å². The fourth-order valence-corrected chi connectivity index (χ4v) is 3.22. The highest BCUT2D eigenvalue weighted by Gasteiger charge is 2.11. The van der Waals surface area contributed by atoms with Crippen LogP contribution in [0.15, 0.2) is 66.7 Å². The number of hydrogen-bond acceptors (Lipinski definition) is 2. The van der Waals surface area contributed by atoms with E-state index in [0.717, 1.165) is 28.8 Å². The molecule has 1 amide bonds. The second-order valence-corrected chi connectivity index (χ2v) is 7.23. The van der Waals surface area contributed by atoms with Crippen LogP contribution in [0.25, 0.3) is 11.1 Å². The molecule has 144 valence electrons. The molecule has 1 N–H and O–H groups in total. The molecule has 0 heterocycles. The van der Waals surface area contributed by atoms with E-state index in [-0.39, 0.29) is 5.91 Å². The van der Waals surface area contributed by atoms with Crippen molar-refractivity contribution in [2.24, 2.45) is 0 Å². The fraction of sp³-hybridized carbons (Fsp3) is 0.208. The lowest BCUT2D eigenvalue weighted by atomic mass is 9.98. The molecular weight excluding hydrogens is 351 g/mol. The predicted molar refractivity (Wildman–Crippen MR) is 112 cm³/mol. The Morgan fingerprint density at radius 3 is 2.43 bits per heavy atom. The summed E-state index contributed by atoms with van der Waals surface area (Å²) < 4.78 is 13.5. The van der Waals surface area contributed by atoms with Crippen molar-refractivity contribution >= 4 is 5.91 Å². The van der Waals surface area contributed by atoms with Crippen LogP contribution in [-0.2, 0) is 13.1 Å². The first-order chi connectivity index (χ1) is 13.4. The van der Waals surface area contributed by atoms with E-state index in [1.807, 2.05) is 32.3 Å². The van der Waals surface area contributed by atoms with Gasteiger partial charge in [-0.1, -0.05) is 54.6 Å². The molecule has 0 aromatic heterocycles. The third kappa shape index (κ3) is 4.84. The summed E-state index contributed by atoms with van der Waals surface area (Å²) in [6.07, 6.45) is 0. The summed E-state index contributed by atoms with van der Waals surface area (Å²) in [5.41, 5.74) is 5.57. The van der Waals surface area contributed by atoms with Crippen LogP contribution in [0.1, 0.15) is 27.0 Å². The Balaban J connectivity index is 1.77. The van der Waals surface area contributed by atoms with Crippen LogP contribution in [0.5, 0.6) is 0 Å². The van der Waals surface area contributed by atoms with E-state index in [1.54, 1.807) is 13.0 Å². The molecule has 0 unspecified atom stereocenters. The summed E-state index contributed by atoms with van der Waals surface area (Å²) in [5, 5.41) is 2.92. The van der Waals surface area contributed by atoms with Crippen LogP contribution in [-0.4, -0.2) is 24.9 Å². The smallest absolute Gasteiger partial charge is 0.251 e. The van der Waals surface area contributed by atoms with Crippen molar-refractivity contribution < 1.29 is 9.18 Å². The van der Waals surface area contributed by atoms with Crippen molar-refractivity contribution in [3.8, 4) is 11.1 Å². The molecule has 0 spiro atoms. The number of nitrogens with one attached hydrogen (secondary N) is 1. The molecule has 3 aromatic carbocycles. The average molecular weight is 376 g/mol. The van der Waals surface area contributed by atoms with Crippen LogP contribution in [0, 0.1) is 12.7 Å². The third-order valence-corrected chi connectivity index (χ3v) is 4.66. The maximum atomic E-state index is 13.5. The van der Waals surface area contributed by atoms with Crippen molar-refractivity contribution in [3.05, 3.63) is 94.8 Å². The van der Waals surface area contributed by atoms with E-state index in [4.69, 9.17) is 0 Å². The fourth-order valence-electron chi connectivity index (χ4n) is 3.22. The first kappa shape index (κ1) is 19.8. The van der Waals surface area contributed by atoms with Gasteiger partial charge in [-0.3, -0.25) is 4.79 Å². The number of hydrogen-bond donors (Lipinski definition) is 1. The molecule has 0 saturated carbocycles. The summed E-state index contributed by atoms with van der Waals surface area (Å²) in [4.78, 5) is 14.6. The zero-order chi connectivity index (χ0) is 20.1. The lowest BCUT2D eigenvalue weighted by Gasteiger charge is -2.13. The van der Waals surface area contributed by atoms with E-state index >= 15 is 0 Å². The Kier molecular flexibility index (Phi) is 6.22. The molecule has 0 aliphatic heterocycles. The van der Waals surface area contributed by atoms with E-state index in [2.05, 4.69) is 40.5 Å². The number of carbonyl (C=O) groups is 1. The molecule has 0 radical (unpaired) electrons. The zero-order valence-electron chi connectivity index (χ0n) is 16.5. The molecule has 0 fully saturated rings. The minimum absolute atomic E-state index is 0.270. The largest absolute Gasteiger partial charge is 0.348 e. The lowest BCUT2D eigenvalue weighted by Crippen LogP contribution is -2.24. The van der Waals surface area contributed by atoms with Gasteiger partial charge < -0.3 is 10.2 Å². The molecule has 0 saturated heterocycles. The molecule has 0 atom stereocenters. The van der Waals surface area contributed by atoms with Crippen molar-refractivity contribution in [3.63, 3.8) is 0 Å². The number of rotatable bonds is 6. The molecule has 0 aliphatic carbocycles. The zero-order valence-corrected chi connectivity index (χ0v) is 16.5.